The molecule has 0 aromatic heterocycles. The van der Waals surface area contributed by atoms with E-state index in [1.165, 1.54) is 4.90 Å². The lowest BCUT2D eigenvalue weighted by Gasteiger charge is -2.43. The van der Waals surface area contributed by atoms with Crippen molar-refractivity contribution in [3.05, 3.63) is 0 Å². The fourth-order valence-corrected chi connectivity index (χ4v) is 5.88. The van der Waals surface area contributed by atoms with E-state index in [-0.39, 0.29) is 32.0 Å². The average Bonchev–Trinajstić information content (AvgIpc) is 2.96. The van der Waals surface area contributed by atoms with E-state index in [2.05, 4.69) is 4.72 Å². The summed E-state index contributed by atoms with van der Waals surface area (Å²) in [6.07, 6.45) is 0.592. The molecule has 0 aromatic carbocycles. The predicted molar refractivity (Wildman–Crippen MR) is 86.2 cm³/mol. The van der Waals surface area contributed by atoms with Gasteiger partial charge in [-0.15, -0.1) is 0 Å². The molecule has 3 rings (SSSR count). The number of sulfonamides is 1. The Morgan fingerprint density at radius 2 is 1.52 bits per heavy atom. The second-order valence-corrected chi connectivity index (χ2v) is 9.54. The molecule has 1 amide bonds. The van der Waals surface area contributed by atoms with Crippen molar-refractivity contribution in [2.75, 3.05) is 13.1 Å². The topological polar surface area (TPSA) is 66.5 Å². The second kappa shape index (κ2) is 7.06. The molecule has 0 bridgehead atoms. The van der Waals surface area contributed by atoms with Crippen LogP contribution in [0.2, 0.25) is 0 Å². The molecule has 1 saturated heterocycles. The van der Waals surface area contributed by atoms with Crippen molar-refractivity contribution in [2.24, 2.45) is 11.8 Å². The van der Waals surface area contributed by atoms with E-state index in [0.717, 1.165) is 25.7 Å². The number of rotatable bonds is 4. The second-order valence-electron chi connectivity index (χ2n) is 7.55. The highest BCUT2D eigenvalue weighted by atomic mass is 32.2. The van der Waals surface area contributed by atoms with Gasteiger partial charge in [-0.25, -0.2) is 13.1 Å². The molecule has 3 aliphatic rings. The number of hydrogen-bond donors (Lipinski definition) is 1. The molecule has 9 heteroatoms. The summed E-state index contributed by atoms with van der Waals surface area (Å²) in [6.45, 7) is 0.00390. The Bertz CT molecular complexity index is 596. The van der Waals surface area contributed by atoms with Crippen LogP contribution >= 0.6 is 0 Å². The van der Waals surface area contributed by atoms with Gasteiger partial charge in [-0.1, -0.05) is 25.7 Å². The molecule has 5 nitrogen and oxygen atoms in total. The Morgan fingerprint density at radius 3 is 2.12 bits per heavy atom. The van der Waals surface area contributed by atoms with Gasteiger partial charge in [0.25, 0.3) is 0 Å². The SMILES string of the molecule is O=C([C@@H]1CCCC[C@H]1C(F)(F)F)N1CC(S(=O)(=O)NC2CCCC2)C1. The Labute approximate surface area is 146 Å². The lowest BCUT2D eigenvalue weighted by atomic mass is 9.77. The number of carbonyl (C=O) groups is 1. The Balaban J connectivity index is 1.56. The van der Waals surface area contributed by atoms with Crippen LogP contribution in [0.1, 0.15) is 51.4 Å². The fourth-order valence-electron chi connectivity index (χ4n) is 4.24. The number of halogens is 3. The van der Waals surface area contributed by atoms with Crippen LogP contribution in [-0.4, -0.2) is 49.8 Å². The van der Waals surface area contributed by atoms with Crippen molar-refractivity contribution in [3.8, 4) is 0 Å². The average molecular weight is 382 g/mol. The third kappa shape index (κ3) is 4.13. The minimum atomic E-state index is -4.37. The van der Waals surface area contributed by atoms with Crippen LogP contribution in [0.3, 0.4) is 0 Å². The lowest BCUT2D eigenvalue weighted by Crippen LogP contribution is -2.62. The molecule has 0 unspecified atom stereocenters. The molecule has 144 valence electrons. The maximum Gasteiger partial charge on any atom is 0.392 e. The van der Waals surface area contributed by atoms with Crippen molar-refractivity contribution in [2.45, 2.75) is 68.8 Å². The molecule has 3 fully saturated rings. The van der Waals surface area contributed by atoms with Crippen molar-refractivity contribution < 1.29 is 26.4 Å². The largest absolute Gasteiger partial charge is 0.392 e. The highest BCUT2D eigenvalue weighted by Gasteiger charge is 2.51. The Morgan fingerprint density at radius 1 is 0.960 bits per heavy atom. The number of nitrogens with one attached hydrogen (secondary N) is 1. The molecule has 0 spiro atoms. The van der Waals surface area contributed by atoms with Crippen LogP contribution in [-0.2, 0) is 14.8 Å². The van der Waals surface area contributed by atoms with Gasteiger partial charge >= 0.3 is 6.18 Å². The maximum absolute atomic E-state index is 13.2. The highest BCUT2D eigenvalue weighted by Crippen LogP contribution is 2.42. The zero-order chi connectivity index (χ0) is 18.2. The van der Waals surface area contributed by atoms with Crippen LogP contribution in [0.15, 0.2) is 0 Å². The summed E-state index contributed by atoms with van der Waals surface area (Å²) >= 11 is 0. The number of carbonyl (C=O) groups excluding carboxylic acids is 1. The number of nitrogens with zero attached hydrogens (tertiary/aromatic N) is 1. The summed E-state index contributed by atoms with van der Waals surface area (Å²) in [5.41, 5.74) is 0. The third-order valence-electron chi connectivity index (χ3n) is 5.79. The molecule has 2 saturated carbocycles. The Hall–Kier alpha value is -0.830. The number of hydrogen-bond acceptors (Lipinski definition) is 3. The number of likely N-dealkylation sites (tertiary alicyclic amines) is 1. The van der Waals surface area contributed by atoms with E-state index in [1.54, 1.807) is 0 Å². The van der Waals surface area contributed by atoms with Crippen LogP contribution < -0.4 is 4.72 Å². The molecule has 1 N–H and O–H groups in total. The van der Waals surface area contributed by atoms with Crippen molar-refractivity contribution >= 4 is 15.9 Å². The van der Waals surface area contributed by atoms with Gasteiger partial charge in [0.15, 0.2) is 0 Å². The van der Waals surface area contributed by atoms with Gasteiger partial charge in [-0.2, -0.15) is 13.2 Å². The molecule has 2 atom stereocenters. The number of amides is 1. The zero-order valence-electron chi connectivity index (χ0n) is 14.1. The van der Waals surface area contributed by atoms with Gasteiger partial charge < -0.3 is 4.90 Å². The zero-order valence-corrected chi connectivity index (χ0v) is 14.9. The summed E-state index contributed by atoms with van der Waals surface area (Å²) in [5.74, 6) is -3.18. The molecular weight excluding hydrogens is 357 g/mol. The smallest absolute Gasteiger partial charge is 0.340 e. The van der Waals surface area contributed by atoms with Gasteiger partial charge in [0, 0.05) is 25.0 Å². The van der Waals surface area contributed by atoms with Gasteiger partial charge in [-0.3, -0.25) is 4.79 Å². The van der Waals surface area contributed by atoms with Crippen molar-refractivity contribution in [1.29, 1.82) is 0 Å². The van der Waals surface area contributed by atoms with Gasteiger partial charge in [-0.05, 0) is 25.7 Å². The molecule has 25 heavy (non-hydrogen) atoms. The van der Waals surface area contributed by atoms with Crippen LogP contribution in [0.25, 0.3) is 0 Å². The predicted octanol–water partition coefficient (Wildman–Crippen LogP) is 2.43. The molecule has 1 aliphatic heterocycles. The Kier molecular flexibility index (Phi) is 5.35. The summed E-state index contributed by atoms with van der Waals surface area (Å²) in [4.78, 5) is 13.8. The normalized spacial score (nSPS) is 29.6. The van der Waals surface area contributed by atoms with Crippen molar-refractivity contribution in [1.82, 2.24) is 9.62 Å². The summed E-state index contributed by atoms with van der Waals surface area (Å²) in [7, 11) is -3.51. The third-order valence-corrected chi connectivity index (χ3v) is 7.63. The first-order valence-electron chi connectivity index (χ1n) is 9.05. The van der Waals surface area contributed by atoms with E-state index in [4.69, 9.17) is 0 Å². The van der Waals surface area contributed by atoms with E-state index >= 15 is 0 Å². The van der Waals surface area contributed by atoms with E-state index in [1.807, 2.05) is 0 Å². The number of alkyl halides is 3. The highest BCUT2D eigenvalue weighted by molar-refractivity contribution is 7.90. The minimum Gasteiger partial charge on any atom is -0.340 e. The maximum atomic E-state index is 13.2. The fraction of sp³-hybridized carbons (Fsp3) is 0.938. The summed E-state index contributed by atoms with van der Waals surface area (Å²) in [5, 5.41) is -0.704. The monoisotopic (exact) mass is 382 g/mol. The minimum absolute atomic E-state index is 0.00195. The first kappa shape index (κ1) is 18.9. The first-order valence-corrected chi connectivity index (χ1v) is 10.6. The molecular formula is C16H25F3N2O3S. The van der Waals surface area contributed by atoms with Crippen LogP contribution in [0, 0.1) is 11.8 Å². The van der Waals surface area contributed by atoms with E-state index < -0.39 is 39.2 Å². The van der Waals surface area contributed by atoms with Gasteiger partial charge in [0.1, 0.15) is 5.25 Å². The quantitative estimate of drug-likeness (QED) is 0.812. The van der Waals surface area contributed by atoms with Crippen molar-refractivity contribution in [3.63, 3.8) is 0 Å². The first-order chi connectivity index (χ1) is 11.7. The summed E-state index contributed by atoms with van der Waals surface area (Å²) in [6, 6.07) is -0.0392. The molecule has 0 radical (unpaired) electrons. The molecule has 2 aliphatic carbocycles. The molecule has 0 aromatic rings. The van der Waals surface area contributed by atoms with E-state index in [9.17, 15) is 26.4 Å². The molecule has 1 heterocycles. The van der Waals surface area contributed by atoms with Crippen LogP contribution in [0.5, 0.6) is 0 Å². The standard InChI is InChI=1S/C16H25F3N2O3S/c17-16(18,19)14-8-4-3-7-13(14)15(22)21-9-12(10-21)25(23,24)20-11-5-1-2-6-11/h11-14,20H,1-10H2/t13-,14-/m1/s1. The van der Waals surface area contributed by atoms with Crippen LogP contribution in [0.4, 0.5) is 13.2 Å². The lowest BCUT2D eigenvalue weighted by molar-refractivity contribution is -0.201. The van der Waals surface area contributed by atoms with Gasteiger partial charge in [0.2, 0.25) is 15.9 Å². The van der Waals surface area contributed by atoms with Gasteiger partial charge in [0.05, 0.1) is 5.92 Å². The van der Waals surface area contributed by atoms with E-state index in [0.29, 0.717) is 12.8 Å². The summed E-state index contributed by atoms with van der Waals surface area (Å²) < 4.78 is 66.8.